The lowest BCUT2D eigenvalue weighted by molar-refractivity contribution is -0.384. The number of aryl methyl sites for hydroxylation is 1. The number of hydrogen-bond donors (Lipinski definition) is 2. The summed E-state index contributed by atoms with van der Waals surface area (Å²) in [5.74, 6) is -0.154. The van der Waals surface area contributed by atoms with Crippen LogP contribution in [0.15, 0.2) is 59.0 Å². The predicted octanol–water partition coefficient (Wildman–Crippen LogP) is 6.48. The molecule has 1 aliphatic rings. The van der Waals surface area contributed by atoms with Crippen molar-refractivity contribution < 1.29 is 14.1 Å². The van der Waals surface area contributed by atoms with Crippen molar-refractivity contribution in [1.29, 1.82) is 0 Å². The van der Waals surface area contributed by atoms with Gasteiger partial charge in [-0.3, -0.25) is 20.2 Å². The number of amides is 1. The number of anilines is 2. The Bertz CT molecular complexity index is 1560. The third kappa shape index (κ3) is 5.46. The summed E-state index contributed by atoms with van der Waals surface area (Å²) in [6.45, 7) is 3.49. The number of hydrogen-bond acceptors (Lipinski definition) is 7. The maximum absolute atomic E-state index is 12.9. The summed E-state index contributed by atoms with van der Waals surface area (Å²) in [6, 6.07) is 15.4. The van der Waals surface area contributed by atoms with Gasteiger partial charge in [0.2, 0.25) is 5.89 Å². The highest BCUT2D eigenvalue weighted by Gasteiger charge is 2.23. The molecule has 3 aromatic carbocycles. The molecule has 1 aliphatic heterocycles. The van der Waals surface area contributed by atoms with Gasteiger partial charge in [-0.15, -0.1) is 0 Å². The Hall–Kier alpha value is -4.02. The molecule has 4 aromatic rings. The number of piperidine rings is 1. The van der Waals surface area contributed by atoms with Crippen LogP contribution in [-0.4, -0.2) is 34.0 Å². The number of carbonyl (C=O) groups is 1. The Balaban J connectivity index is 1.31. The summed E-state index contributed by atoms with van der Waals surface area (Å²) >= 11 is 11.7. The molecule has 0 atom stereocenters. The molecule has 0 radical (unpaired) electrons. The fourth-order valence-corrected chi connectivity index (χ4v) is 4.82. The van der Waals surface area contributed by atoms with Gasteiger partial charge in [0.15, 0.2) is 10.7 Å². The van der Waals surface area contributed by atoms with E-state index in [1.165, 1.54) is 6.07 Å². The van der Waals surface area contributed by atoms with Crippen LogP contribution in [0.2, 0.25) is 5.02 Å². The second-order valence-electron chi connectivity index (χ2n) is 9.10. The number of rotatable bonds is 5. The second-order valence-corrected chi connectivity index (χ2v) is 9.92. The van der Waals surface area contributed by atoms with Gasteiger partial charge in [-0.05, 0) is 86.4 Å². The van der Waals surface area contributed by atoms with Crippen LogP contribution in [-0.2, 0) is 0 Å². The molecular formula is C27H24ClN5O4S. The summed E-state index contributed by atoms with van der Waals surface area (Å²) < 4.78 is 5.87. The molecule has 0 aliphatic carbocycles. The second kappa shape index (κ2) is 10.8. The van der Waals surface area contributed by atoms with Crippen LogP contribution in [0.3, 0.4) is 0 Å². The van der Waals surface area contributed by atoms with E-state index in [0.717, 1.165) is 43.4 Å². The van der Waals surface area contributed by atoms with E-state index in [2.05, 4.69) is 15.6 Å². The van der Waals surface area contributed by atoms with E-state index in [0.29, 0.717) is 33.4 Å². The van der Waals surface area contributed by atoms with E-state index in [1.807, 2.05) is 30.0 Å². The van der Waals surface area contributed by atoms with E-state index in [1.54, 1.807) is 30.3 Å². The van der Waals surface area contributed by atoms with Gasteiger partial charge in [-0.2, -0.15) is 0 Å². The lowest BCUT2D eigenvalue weighted by atomic mass is 10.1. The fraction of sp³-hybridized carbons (Fsp3) is 0.222. The first-order chi connectivity index (χ1) is 18.3. The Labute approximate surface area is 228 Å². The number of oxazole rings is 1. The zero-order chi connectivity index (χ0) is 26.8. The highest BCUT2D eigenvalue weighted by molar-refractivity contribution is 7.80. The number of thiocarbonyl (C=S) groups is 1. The molecule has 194 valence electrons. The lowest BCUT2D eigenvalue weighted by Gasteiger charge is -2.28. The number of aromatic nitrogens is 1. The maximum atomic E-state index is 12.9. The first-order valence-corrected chi connectivity index (χ1v) is 12.9. The Morgan fingerprint density at radius 3 is 2.66 bits per heavy atom. The van der Waals surface area contributed by atoms with Crippen molar-refractivity contribution in [2.24, 2.45) is 0 Å². The number of halogens is 1. The number of benzene rings is 3. The van der Waals surface area contributed by atoms with Crippen molar-refractivity contribution in [2.75, 3.05) is 23.3 Å². The smallest absolute Gasteiger partial charge is 0.293 e. The molecule has 9 nitrogen and oxygen atoms in total. The standard InChI is InChI=1S/C27H24ClN5O4S/c1-16-5-10-24-21(13-16)29-26(37-24)18-6-8-19(28)20(14-18)30-27(38)31-25(34)17-7-9-22(23(15-17)33(35)36)32-11-3-2-4-12-32/h5-10,13-15H,2-4,11-12H2,1H3,(H2,30,31,34,38). The van der Waals surface area contributed by atoms with E-state index in [-0.39, 0.29) is 16.4 Å². The molecule has 1 fully saturated rings. The highest BCUT2D eigenvalue weighted by Crippen LogP contribution is 2.32. The van der Waals surface area contributed by atoms with Gasteiger partial charge in [0.1, 0.15) is 11.2 Å². The zero-order valence-electron chi connectivity index (χ0n) is 20.5. The topological polar surface area (TPSA) is 114 Å². The fourth-order valence-electron chi connectivity index (χ4n) is 4.46. The van der Waals surface area contributed by atoms with Crippen LogP contribution < -0.4 is 15.5 Å². The van der Waals surface area contributed by atoms with Gasteiger partial charge < -0.3 is 14.6 Å². The molecule has 1 saturated heterocycles. The van der Waals surface area contributed by atoms with Crippen LogP contribution in [0.4, 0.5) is 17.1 Å². The minimum atomic E-state index is -0.572. The molecule has 2 N–H and O–H groups in total. The van der Waals surface area contributed by atoms with Crippen LogP contribution in [0, 0.1) is 17.0 Å². The number of nitro groups is 1. The predicted molar refractivity (Wildman–Crippen MR) is 152 cm³/mol. The third-order valence-electron chi connectivity index (χ3n) is 6.36. The quantitative estimate of drug-likeness (QED) is 0.165. The number of nitro benzene ring substituents is 1. The average Bonchev–Trinajstić information content (AvgIpc) is 3.33. The lowest BCUT2D eigenvalue weighted by Crippen LogP contribution is -2.34. The van der Waals surface area contributed by atoms with Gasteiger partial charge in [-0.1, -0.05) is 17.7 Å². The normalized spacial score (nSPS) is 13.4. The van der Waals surface area contributed by atoms with Gasteiger partial charge in [0, 0.05) is 30.3 Å². The third-order valence-corrected chi connectivity index (χ3v) is 6.90. The first-order valence-electron chi connectivity index (χ1n) is 12.1. The molecule has 0 unspecified atom stereocenters. The molecule has 5 rings (SSSR count). The molecule has 38 heavy (non-hydrogen) atoms. The summed E-state index contributed by atoms with van der Waals surface area (Å²) in [7, 11) is 0. The van der Waals surface area contributed by atoms with Crippen LogP contribution in [0.1, 0.15) is 35.2 Å². The minimum Gasteiger partial charge on any atom is -0.436 e. The maximum Gasteiger partial charge on any atom is 0.293 e. The van der Waals surface area contributed by atoms with Crippen molar-refractivity contribution in [1.82, 2.24) is 10.3 Å². The number of nitrogens with zero attached hydrogens (tertiary/aromatic N) is 3. The van der Waals surface area contributed by atoms with Crippen LogP contribution in [0.5, 0.6) is 0 Å². The van der Waals surface area contributed by atoms with Gasteiger partial charge in [0.05, 0.1) is 15.6 Å². The van der Waals surface area contributed by atoms with Gasteiger partial charge in [0.25, 0.3) is 11.6 Å². The monoisotopic (exact) mass is 549 g/mol. The summed E-state index contributed by atoms with van der Waals surface area (Å²) in [4.78, 5) is 30.7. The molecule has 2 heterocycles. The molecule has 0 saturated carbocycles. The molecular weight excluding hydrogens is 526 g/mol. The average molecular weight is 550 g/mol. The van der Waals surface area contributed by atoms with E-state index >= 15 is 0 Å². The number of fused-ring (bicyclic) bond motifs is 1. The van der Waals surface area contributed by atoms with Crippen molar-refractivity contribution in [3.63, 3.8) is 0 Å². The Morgan fingerprint density at radius 1 is 1.11 bits per heavy atom. The molecule has 0 bridgehead atoms. The summed E-state index contributed by atoms with van der Waals surface area (Å²) in [6.07, 6.45) is 3.07. The van der Waals surface area contributed by atoms with Crippen LogP contribution >= 0.6 is 23.8 Å². The van der Waals surface area contributed by atoms with Gasteiger partial charge >= 0.3 is 0 Å². The van der Waals surface area contributed by atoms with E-state index in [9.17, 15) is 14.9 Å². The Kier molecular flexibility index (Phi) is 7.26. The number of nitrogens with one attached hydrogen (secondary N) is 2. The van der Waals surface area contributed by atoms with Crippen molar-refractivity contribution in [3.8, 4) is 11.5 Å². The molecule has 1 aromatic heterocycles. The Morgan fingerprint density at radius 2 is 1.89 bits per heavy atom. The largest absolute Gasteiger partial charge is 0.436 e. The SMILES string of the molecule is Cc1ccc2oc(-c3ccc(Cl)c(NC(=S)NC(=O)c4ccc(N5CCCCC5)c([N+](=O)[O-])c4)c3)nc2c1. The molecule has 0 spiro atoms. The van der Waals surface area contributed by atoms with Gasteiger partial charge in [-0.25, -0.2) is 4.98 Å². The summed E-state index contributed by atoms with van der Waals surface area (Å²) in [5.41, 5.74) is 4.13. The van der Waals surface area contributed by atoms with E-state index < -0.39 is 10.8 Å². The molecule has 1 amide bonds. The number of carbonyl (C=O) groups excluding carboxylic acids is 1. The minimum absolute atomic E-state index is 0.00926. The van der Waals surface area contributed by atoms with E-state index in [4.69, 9.17) is 28.2 Å². The highest BCUT2D eigenvalue weighted by atomic mass is 35.5. The molecule has 11 heteroatoms. The van der Waals surface area contributed by atoms with Crippen molar-refractivity contribution >= 4 is 63.0 Å². The van der Waals surface area contributed by atoms with Crippen molar-refractivity contribution in [3.05, 3.63) is 80.9 Å². The van der Waals surface area contributed by atoms with Crippen molar-refractivity contribution in [2.45, 2.75) is 26.2 Å². The summed E-state index contributed by atoms with van der Waals surface area (Å²) in [5, 5.41) is 17.6. The first kappa shape index (κ1) is 25.6. The zero-order valence-corrected chi connectivity index (χ0v) is 22.1. The van der Waals surface area contributed by atoms with Crippen LogP contribution in [0.25, 0.3) is 22.6 Å².